The van der Waals surface area contributed by atoms with Crippen molar-refractivity contribution in [3.8, 4) is 0 Å². The van der Waals surface area contributed by atoms with Gasteiger partial charge in [-0.15, -0.1) is 0 Å². The van der Waals surface area contributed by atoms with Gasteiger partial charge in [0.25, 0.3) is 0 Å². The molecule has 0 amide bonds. The Bertz CT molecular complexity index is 416. The SMILES string of the molecule is CCCCC1=NCCc2cc(C)c(C)cc21. The van der Waals surface area contributed by atoms with Crippen LogP contribution >= 0.6 is 0 Å². The van der Waals surface area contributed by atoms with Gasteiger partial charge in [0, 0.05) is 12.3 Å². The van der Waals surface area contributed by atoms with E-state index in [4.69, 9.17) is 4.99 Å². The second-order valence-electron chi connectivity index (χ2n) is 4.78. The van der Waals surface area contributed by atoms with Crippen LogP contribution in [0.4, 0.5) is 0 Å². The normalized spacial score (nSPS) is 14.6. The molecular formula is C15H21N. The molecule has 0 saturated carbocycles. The van der Waals surface area contributed by atoms with E-state index in [0.29, 0.717) is 0 Å². The first-order chi connectivity index (χ1) is 7.72. The summed E-state index contributed by atoms with van der Waals surface area (Å²) in [6.45, 7) is 7.62. The van der Waals surface area contributed by atoms with Gasteiger partial charge in [0.05, 0.1) is 0 Å². The molecule has 1 heterocycles. The topological polar surface area (TPSA) is 12.4 Å². The number of rotatable bonds is 3. The molecule has 0 aromatic heterocycles. The summed E-state index contributed by atoms with van der Waals surface area (Å²) in [6, 6.07) is 4.68. The van der Waals surface area contributed by atoms with E-state index in [2.05, 4.69) is 32.9 Å². The molecule has 0 N–H and O–H groups in total. The highest BCUT2D eigenvalue weighted by atomic mass is 14.7. The predicted octanol–water partition coefficient (Wildman–Crippen LogP) is 3.84. The summed E-state index contributed by atoms with van der Waals surface area (Å²) in [7, 11) is 0. The van der Waals surface area contributed by atoms with Gasteiger partial charge in [-0.2, -0.15) is 0 Å². The van der Waals surface area contributed by atoms with Gasteiger partial charge < -0.3 is 0 Å². The molecule has 2 rings (SSSR count). The Morgan fingerprint density at radius 1 is 1.19 bits per heavy atom. The molecule has 0 aliphatic carbocycles. The molecule has 0 atom stereocenters. The standard InChI is InChI=1S/C15H21N/c1-4-5-6-15-14-10-12(3)11(2)9-13(14)7-8-16-15/h9-10H,4-8H2,1-3H3. The van der Waals surface area contributed by atoms with Crippen molar-refractivity contribution in [3.63, 3.8) is 0 Å². The molecule has 0 spiro atoms. The lowest BCUT2D eigenvalue weighted by Crippen LogP contribution is -2.13. The lowest BCUT2D eigenvalue weighted by molar-refractivity contribution is 0.820. The molecule has 0 saturated heterocycles. The van der Waals surface area contributed by atoms with Gasteiger partial charge in [0.15, 0.2) is 0 Å². The highest BCUT2D eigenvalue weighted by Gasteiger charge is 2.14. The van der Waals surface area contributed by atoms with Crippen molar-refractivity contribution < 1.29 is 0 Å². The van der Waals surface area contributed by atoms with E-state index in [1.54, 1.807) is 0 Å². The lowest BCUT2D eigenvalue weighted by atomic mass is 9.91. The van der Waals surface area contributed by atoms with E-state index in [-0.39, 0.29) is 0 Å². The first-order valence-electron chi connectivity index (χ1n) is 6.36. The number of aryl methyl sites for hydroxylation is 2. The molecule has 1 nitrogen and oxygen atoms in total. The molecule has 86 valence electrons. The van der Waals surface area contributed by atoms with Crippen LogP contribution in [0.2, 0.25) is 0 Å². The quantitative estimate of drug-likeness (QED) is 0.726. The van der Waals surface area contributed by atoms with E-state index in [9.17, 15) is 0 Å². The molecule has 0 bridgehead atoms. The van der Waals surface area contributed by atoms with Gasteiger partial charge in [0.1, 0.15) is 0 Å². The van der Waals surface area contributed by atoms with E-state index in [0.717, 1.165) is 19.4 Å². The fourth-order valence-electron chi connectivity index (χ4n) is 2.31. The van der Waals surface area contributed by atoms with Crippen molar-refractivity contribution in [2.75, 3.05) is 6.54 Å². The molecule has 0 unspecified atom stereocenters. The summed E-state index contributed by atoms with van der Waals surface area (Å²) in [5.74, 6) is 0. The van der Waals surface area contributed by atoms with Crippen LogP contribution in [-0.2, 0) is 6.42 Å². The largest absolute Gasteiger partial charge is 0.289 e. The molecule has 0 fully saturated rings. The average molecular weight is 215 g/mol. The number of nitrogens with zero attached hydrogens (tertiary/aromatic N) is 1. The third kappa shape index (κ3) is 2.18. The minimum atomic E-state index is 0.981. The lowest BCUT2D eigenvalue weighted by Gasteiger charge is -2.18. The number of hydrogen-bond donors (Lipinski definition) is 0. The summed E-state index contributed by atoms with van der Waals surface area (Å²) >= 11 is 0. The third-order valence-corrected chi connectivity index (χ3v) is 3.48. The first kappa shape index (κ1) is 11.4. The number of aliphatic imine (C=N–C) groups is 1. The van der Waals surface area contributed by atoms with E-state index in [1.165, 1.54) is 40.8 Å². The summed E-state index contributed by atoms with van der Waals surface area (Å²) in [4.78, 5) is 4.70. The fourth-order valence-corrected chi connectivity index (χ4v) is 2.31. The Hall–Kier alpha value is -1.11. The van der Waals surface area contributed by atoms with Gasteiger partial charge in [-0.1, -0.05) is 19.4 Å². The van der Waals surface area contributed by atoms with Crippen molar-refractivity contribution in [3.05, 3.63) is 34.4 Å². The maximum atomic E-state index is 4.70. The van der Waals surface area contributed by atoms with Crippen molar-refractivity contribution in [1.29, 1.82) is 0 Å². The Morgan fingerprint density at radius 2 is 1.94 bits per heavy atom. The smallest absolute Gasteiger partial charge is 0.0433 e. The Labute approximate surface area is 98.6 Å². The molecule has 1 aromatic carbocycles. The minimum absolute atomic E-state index is 0.981. The molecule has 16 heavy (non-hydrogen) atoms. The third-order valence-electron chi connectivity index (χ3n) is 3.48. The van der Waals surface area contributed by atoms with E-state index in [1.807, 2.05) is 0 Å². The van der Waals surface area contributed by atoms with Crippen molar-refractivity contribution in [1.82, 2.24) is 0 Å². The number of fused-ring (bicyclic) bond motifs is 1. The van der Waals surface area contributed by atoms with Crippen molar-refractivity contribution in [2.24, 2.45) is 4.99 Å². The van der Waals surface area contributed by atoms with Gasteiger partial charge in [-0.05, 0) is 61.4 Å². The van der Waals surface area contributed by atoms with Crippen molar-refractivity contribution in [2.45, 2.75) is 46.5 Å². The zero-order valence-corrected chi connectivity index (χ0v) is 10.6. The number of hydrogen-bond acceptors (Lipinski definition) is 1. The highest BCUT2D eigenvalue weighted by molar-refractivity contribution is 6.02. The predicted molar refractivity (Wildman–Crippen MR) is 70.5 cm³/mol. The van der Waals surface area contributed by atoms with Crippen LogP contribution in [0.1, 0.15) is 48.4 Å². The molecule has 1 aliphatic rings. The second kappa shape index (κ2) is 4.82. The maximum absolute atomic E-state index is 4.70. The average Bonchev–Trinajstić information content (AvgIpc) is 2.28. The summed E-state index contributed by atoms with van der Waals surface area (Å²) in [6.07, 6.45) is 4.77. The van der Waals surface area contributed by atoms with Crippen LogP contribution in [0, 0.1) is 13.8 Å². The highest BCUT2D eigenvalue weighted by Crippen LogP contribution is 2.22. The van der Waals surface area contributed by atoms with Gasteiger partial charge >= 0.3 is 0 Å². The monoisotopic (exact) mass is 215 g/mol. The van der Waals surface area contributed by atoms with Gasteiger partial charge in [-0.25, -0.2) is 0 Å². The zero-order valence-electron chi connectivity index (χ0n) is 10.6. The zero-order chi connectivity index (χ0) is 11.5. The molecular weight excluding hydrogens is 194 g/mol. The summed E-state index contributed by atoms with van der Waals surface area (Å²) in [5.41, 5.74) is 7.07. The number of benzene rings is 1. The number of unbranched alkanes of at least 4 members (excludes halogenated alkanes) is 1. The van der Waals surface area contributed by atoms with Gasteiger partial charge in [0.2, 0.25) is 0 Å². The van der Waals surface area contributed by atoms with Crippen LogP contribution < -0.4 is 0 Å². The van der Waals surface area contributed by atoms with E-state index < -0.39 is 0 Å². The van der Waals surface area contributed by atoms with Crippen LogP contribution in [0.25, 0.3) is 0 Å². The van der Waals surface area contributed by atoms with Crippen LogP contribution in [0.15, 0.2) is 17.1 Å². The Kier molecular flexibility index (Phi) is 3.42. The van der Waals surface area contributed by atoms with E-state index >= 15 is 0 Å². The molecule has 1 aromatic rings. The summed E-state index contributed by atoms with van der Waals surface area (Å²) < 4.78 is 0. The van der Waals surface area contributed by atoms with Crippen LogP contribution in [-0.4, -0.2) is 12.3 Å². The van der Waals surface area contributed by atoms with Gasteiger partial charge in [-0.3, -0.25) is 4.99 Å². The molecule has 1 aliphatic heterocycles. The fraction of sp³-hybridized carbons (Fsp3) is 0.533. The Balaban J connectivity index is 2.33. The van der Waals surface area contributed by atoms with Crippen molar-refractivity contribution >= 4 is 5.71 Å². The van der Waals surface area contributed by atoms with Crippen LogP contribution in [0.3, 0.4) is 0 Å². The summed E-state index contributed by atoms with van der Waals surface area (Å²) in [5, 5.41) is 0. The molecule has 1 heteroatoms. The second-order valence-corrected chi connectivity index (χ2v) is 4.78. The maximum Gasteiger partial charge on any atom is 0.0433 e. The Morgan fingerprint density at radius 3 is 2.69 bits per heavy atom. The first-order valence-corrected chi connectivity index (χ1v) is 6.36. The molecule has 0 radical (unpaired) electrons. The minimum Gasteiger partial charge on any atom is -0.289 e. The van der Waals surface area contributed by atoms with Crippen LogP contribution in [0.5, 0.6) is 0 Å².